The monoisotopic (exact) mass is 586 g/mol. The molecule has 2 nitrogen and oxygen atoms in total. The molecule has 10 rings (SSSR count). The molecule has 0 N–H and O–H groups in total. The van der Waals surface area contributed by atoms with Crippen molar-refractivity contribution in [3.05, 3.63) is 158 Å². The van der Waals surface area contributed by atoms with Crippen LogP contribution in [0.15, 0.2) is 167 Å². The van der Waals surface area contributed by atoms with E-state index in [1.54, 1.807) is 0 Å². The lowest BCUT2D eigenvalue weighted by Gasteiger charge is -2.18. The Morgan fingerprint density at radius 3 is 1.33 bits per heavy atom. The van der Waals surface area contributed by atoms with Crippen LogP contribution in [-0.4, -0.2) is 0 Å². The molecular weight excluding hydrogens is 560 g/mol. The van der Waals surface area contributed by atoms with Gasteiger partial charge in [-0.25, -0.2) is 0 Å². The van der Waals surface area contributed by atoms with Gasteiger partial charge in [0.05, 0.1) is 0 Å². The molecule has 2 heteroatoms. The van der Waals surface area contributed by atoms with E-state index < -0.39 is 0 Å². The third-order valence-corrected chi connectivity index (χ3v) is 9.47. The molecule has 0 spiro atoms. The van der Waals surface area contributed by atoms with Gasteiger partial charge in [-0.15, -0.1) is 0 Å². The standard InChI is InChI=1S/C44H26O2/c1-2-12-28(13-3-1)40-30-14-4-6-16-32(30)41(33-17-7-5-15-31(33)40)29-24-22-27(23-25-29)36-26-39-42(34-18-8-10-20-37(34)45-39)43-35-19-9-11-21-38(35)46-44(36)43/h1-26H. The summed E-state index contributed by atoms with van der Waals surface area (Å²) >= 11 is 0. The summed E-state index contributed by atoms with van der Waals surface area (Å²) in [7, 11) is 0. The number of benzene rings is 8. The van der Waals surface area contributed by atoms with Crippen LogP contribution in [0, 0.1) is 0 Å². The van der Waals surface area contributed by atoms with Gasteiger partial charge in [-0.05, 0) is 67.6 Å². The first kappa shape index (κ1) is 25.2. The highest BCUT2D eigenvalue weighted by molar-refractivity contribution is 6.28. The minimum absolute atomic E-state index is 0.868. The molecule has 0 aliphatic rings. The van der Waals surface area contributed by atoms with Crippen LogP contribution in [0.4, 0.5) is 0 Å². The van der Waals surface area contributed by atoms with E-state index in [2.05, 4.69) is 133 Å². The van der Waals surface area contributed by atoms with E-state index in [1.165, 1.54) is 43.8 Å². The summed E-state index contributed by atoms with van der Waals surface area (Å²) in [5, 5.41) is 9.42. The molecule has 0 unspecified atom stereocenters. The minimum atomic E-state index is 0.868. The summed E-state index contributed by atoms with van der Waals surface area (Å²) in [5.41, 5.74) is 10.6. The van der Waals surface area contributed by atoms with Crippen molar-refractivity contribution < 1.29 is 8.83 Å². The highest BCUT2D eigenvalue weighted by atomic mass is 16.3. The third-order valence-electron chi connectivity index (χ3n) is 9.47. The average Bonchev–Trinajstić information content (AvgIpc) is 3.69. The first-order valence-electron chi connectivity index (χ1n) is 15.7. The molecule has 0 aliphatic carbocycles. The van der Waals surface area contributed by atoms with Gasteiger partial charge in [-0.2, -0.15) is 0 Å². The first-order chi connectivity index (χ1) is 22.8. The molecule has 0 bridgehead atoms. The second-order valence-corrected chi connectivity index (χ2v) is 12.0. The zero-order valence-corrected chi connectivity index (χ0v) is 24.8. The van der Waals surface area contributed by atoms with Gasteiger partial charge in [0.1, 0.15) is 22.3 Å². The third kappa shape index (κ3) is 3.59. The van der Waals surface area contributed by atoms with Gasteiger partial charge in [0.2, 0.25) is 0 Å². The first-order valence-corrected chi connectivity index (χ1v) is 15.7. The van der Waals surface area contributed by atoms with Crippen molar-refractivity contribution in [1.82, 2.24) is 0 Å². The number of hydrogen-bond donors (Lipinski definition) is 0. The molecule has 8 aromatic carbocycles. The van der Waals surface area contributed by atoms with Crippen molar-refractivity contribution in [3.63, 3.8) is 0 Å². The molecule has 0 radical (unpaired) electrons. The molecule has 0 amide bonds. The topological polar surface area (TPSA) is 26.3 Å². The normalized spacial score (nSPS) is 11.9. The maximum Gasteiger partial charge on any atom is 0.144 e. The number of furan rings is 2. The summed E-state index contributed by atoms with van der Waals surface area (Å²) in [5.74, 6) is 0. The smallest absolute Gasteiger partial charge is 0.144 e. The summed E-state index contributed by atoms with van der Waals surface area (Å²) < 4.78 is 13.0. The van der Waals surface area contributed by atoms with Gasteiger partial charge in [-0.1, -0.05) is 140 Å². The molecule has 0 fully saturated rings. The van der Waals surface area contributed by atoms with Crippen molar-refractivity contribution in [3.8, 4) is 33.4 Å². The summed E-state index contributed by atoms with van der Waals surface area (Å²) in [6.45, 7) is 0. The number of rotatable bonds is 3. The summed E-state index contributed by atoms with van der Waals surface area (Å²) in [6.07, 6.45) is 0. The Morgan fingerprint density at radius 1 is 0.304 bits per heavy atom. The molecule has 0 saturated heterocycles. The van der Waals surface area contributed by atoms with Crippen molar-refractivity contribution in [2.75, 3.05) is 0 Å². The highest BCUT2D eigenvalue weighted by Crippen LogP contribution is 2.46. The number of para-hydroxylation sites is 2. The van der Waals surface area contributed by atoms with E-state index in [4.69, 9.17) is 8.83 Å². The molecule has 0 atom stereocenters. The van der Waals surface area contributed by atoms with E-state index in [1.807, 2.05) is 24.3 Å². The molecular formula is C44H26O2. The SMILES string of the molecule is c1ccc(-c2c3ccccc3c(-c3ccc(-c4cc5oc6ccccc6c5c5c4oc4ccccc45)cc3)c3ccccc23)cc1. The molecule has 46 heavy (non-hydrogen) atoms. The van der Waals surface area contributed by atoms with Gasteiger partial charge in [-0.3, -0.25) is 0 Å². The van der Waals surface area contributed by atoms with E-state index in [0.717, 1.165) is 55.0 Å². The van der Waals surface area contributed by atoms with Gasteiger partial charge in [0, 0.05) is 27.1 Å². The van der Waals surface area contributed by atoms with Crippen LogP contribution in [0.1, 0.15) is 0 Å². The second kappa shape index (κ2) is 9.69. The largest absolute Gasteiger partial charge is 0.456 e. The van der Waals surface area contributed by atoms with E-state index in [-0.39, 0.29) is 0 Å². The fraction of sp³-hybridized carbons (Fsp3) is 0. The lowest BCUT2D eigenvalue weighted by atomic mass is 9.85. The van der Waals surface area contributed by atoms with Crippen LogP contribution in [0.5, 0.6) is 0 Å². The number of hydrogen-bond acceptors (Lipinski definition) is 2. The average molecular weight is 587 g/mol. The minimum Gasteiger partial charge on any atom is -0.456 e. The lowest BCUT2D eigenvalue weighted by Crippen LogP contribution is -1.90. The predicted octanol–water partition coefficient (Wildman–Crippen LogP) is 12.8. The van der Waals surface area contributed by atoms with Gasteiger partial charge in [0.25, 0.3) is 0 Å². The fourth-order valence-corrected chi connectivity index (χ4v) is 7.49. The Labute approximate surface area is 264 Å². The van der Waals surface area contributed by atoms with Crippen LogP contribution in [0.3, 0.4) is 0 Å². The molecule has 0 aliphatic heterocycles. The van der Waals surface area contributed by atoms with E-state index in [0.29, 0.717) is 0 Å². The number of fused-ring (bicyclic) bond motifs is 9. The predicted molar refractivity (Wildman–Crippen MR) is 192 cm³/mol. The highest BCUT2D eigenvalue weighted by Gasteiger charge is 2.21. The fourth-order valence-electron chi connectivity index (χ4n) is 7.49. The van der Waals surface area contributed by atoms with E-state index in [9.17, 15) is 0 Å². The van der Waals surface area contributed by atoms with Gasteiger partial charge < -0.3 is 8.83 Å². The second-order valence-electron chi connectivity index (χ2n) is 12.0. The van der Waals surface area contributed by atoms with Crippen LogP contribution in [0.2, 0.25) is 0 Å². The Hall–Kier alpha value is -6.12. The lowest BCUT2D eigenvalue weighted by molar-refractivity contribution is 0.664. The van der Waals surface area contributed by atoms with Crippen molar-refractivity contribution in [2.24, 2.45) is 0 Å². The molecule has 214 valence electrons. The maximum absolute atomic E-state index is 6.61. The maximum atomic E-state index is 6.61. The zero-order valence-electron chi connectivity index (χ0n) is 24.8. The van der Waals surface area contributed by atoms with Crippen molar-refractivity contribution >= 4 is 65.4 Å². The van der Waals surface area contributed by atoms with Crippen LogP contribution in [0.25, 0.3) is 98.8 Å². The van der Waals surface area contributed by atoms with E-state index >= 15 is 0 Å². The zero-order chi connectivity index (χ0) is 30.2. The van der Waals surface area contributed by atoms with Crippen molar-refractivity contribution in [2.45, 2.75) is 0 Å². The molecule has 2 aromatic heterocycles. The Bertz CT molecular complexity index is 2720. The Kier molecular flexibility index (Phi) is 5.31. The Morgan fingerprint density at radius 2 is 0.739 bits per heavy atom. The summed E-state index contributed by atoms with van der Waals surface area (Å²) in [6, 6.07) is 56.0. The van der Waals surface area contributed by atoms with Crippen LogP contribution >= 0.6 is 0 Å². The van der Waals surface area contributed by atoms with Gasteiger partial charge in [0.15, 0.2) is 0 Å². The Balaban J connectivity index is 1.22. The van der Waals surface area contributed by atoms with Crippen molar-refractivity contribution in [1.29, 1.82) is 0 Å². The van der Waals surface area contributed by atoms with Crippen LogP contribution < -0.4 is 0 Å². The summed E-state index contributed by atoms with van der Waals surface area (Å²) in [4.78, 5) is 0. The molecule has 10 aromatic rings. The van der Waals surface area contributed by atoms with Gasteiger partial charge >= 0.3 is 0 Å². The molecule has 2 heterocycles. The quantitative estimate of drug-likeness (QED) is 0.193. The van der Waals surface area contributed by atoms with Crippen LogP contribution in [-0.2, 0) is 0 Å². The molecule has 0 saturated carbocycles.